The fourth-order valence-electron chi connectivity index (χ4n) is 4.84. The van der Waals surface area contributed by atoms with E-state index in [0.29, 0.717) is 6.04 Å². The summed E-state index contributed by atoms with van der Waals surface area (Å²) in [6, 6.07) is 16.9. The lowest BCUT2D eigenvalue weighted by Gasteiger charge is -2.23. The largest absolute Gasteiger partial charge is 0.337 e. The van der Waals surface area contributed by atoms with Crippen LogP contribution in [0.1, 0.15) is 41.0 Å². The molecule has 0 bridgehead atoms. The van der Waals surface area contributed by atoms with Gasteiger partial charge in [0, 0.05) is 31.2 Å². The molecule has 1 amide bonds. The lowest BCUT2D eigenvalue weighted by molar-refractivity contribution is 0.0780. The van der Waals surface area contributed by atoms with Crippen LogP contribution in [0.5, 0.6) is 0 Å². The normalized spacial score (nSPS) is 20.0. The van der Waals surface area contributed by atoms with E-state index in [1.165, 1.54) is 31.5 Å². The van der Waals surface area contributed by atoms with Crippen molar-refractivity contribution in [3.8, 4) is 0 Å². The summed E-state index contributed by atoms with van der Waals surface area (Å²) in [6.07, 6.45) is 3.71. The minimum Gasteiger partial charge on any atom is -0.337 e. The Morgan fingerprint density at radius 2 is 1.79 bits per heavy atom. The number of aryl methyl sites for hydroxylation is 1. The van der Waals surface area contributed by atoms with Crippen LogP contribution in [0.25, 0.3) is 11.0 Å². The predicted molar refractivity (Wildman–Crippen MR) is 115 cm³/mol. The first-order valence-electron chi connectivity index (χ1n) is 10.7. The zero-order valence-corrected chi connectivity index (χ0v) is 17.1. The third kappa shape index (κ3) is 3.55. The first-order valence-corrected chi connectivity index (χ1v) is 10.7. The smallest absolute Gasteiger partial charge is 0.253 e. The molecular formula is C24H28N4O. The maximum absolute atomic E-state index is 13.0. The second-order valence-electron chi connectivity index (χ2n) is 8.37. The van der Waals surface area contributed by atoms with E-state index in [1.807, 2.05) is 42.2 Å². The summed E-state index contributed by atoms with van der Waals surface area (Å²) in [5, 5.41) is 0. The minimum atomic E-state index is 0.169. The molecule has 2 fully saturated rings. The number of amides is 1. The minimum absolute atomic E-state index is 0.169. The Morgan fingerprint density at radius 1 is 1.03 bits per heavy atom. The summed E-state index contributed by atoms with van der Waals surface area (Å²) in [6.45, 7) is 6.96. The molecule has 29 heavy (non-hydrogen) atoms. The highest BCUT2D eigenvalue weighted by molar-refractivity contribution is 5.94. The number of para-hydroxylation sites is 2. The van der Waals surface area contributed by atoms with Gasteiger partial charge in [0.25, 0.3) is 5.91 Å². The number of fused-ring (bicyclic) bond motifs is 1. The van der Waals surface area contributed by atoms with Crippen LogP contribution in [-0.2, 0) is 6.54 Å². The highest BCUT2D eigenvalue weighted by Crippen LogP contribution is 2.22. The SMILES string of the molecule is Cc1nc2ccccc2n1Cc1ccc(C(=O)N2CC[C@@H](N3CCCC3)C2)cc1. The highest BCUT2D eigenvalue weighted by Gasteiger charge is 2.31. The number of likely N-dealkylation sites (tertiary alicyclic amines) is 2. The van der Waals surface area contributed by atoms with Gasteiger partial charge in [-0.1, -0.05) is 24.3 Å². The maximum atomic E-state index is 13.0. The molecule has 0 saturated carbocycles. The van der Waals surface area contributed by atoms with Crippen molar-refractivity contribution in [3.63, 3.8) is 0 Å². The molecule has 3 aromatic rings. The zero-order valence-electron chi connectivity index (χ0n) is 17.1. The number of benzene rings is 2. The molecule has 2 aliphatic rings. The van der Waals surface area contributed by atoms with E-state index < -0.39 is 0 Å². The van der Waals surface area contributed by atoms with Gasteiger partial charge in [0.1, 0.15) is 5.82 Å². The van der Waals surface area contributed by atoms with Crippen LogP contribution in [0.4, 0.5) is 0 Å². The van der Waals surface area contributed by atoms with Gasteiger partial charge < -0.3 is 9.47 Å². The number of nitrogens with zero attached hydrogens (tertiary/aromatic N) is 4. The van der Waals surface area contributed by atoms with Crippen LogP contribution in [0.15, 0.2) is 48.5 Å². The summed E-state index contributed by atoms with van der Waals surface area (Å²) in [4.78, 5) is 22.2. The summed E-state index contributed by atoms with van der Waals surface area (Å²) in [7, 11) is 0. The van der Waals surface area contributed by atoms with Crippen molar-refractivity contribution in [2.24, 2.45) is 0 Å². The first kappa shape index (κ1) is 18.4. The number of aromatic nitrogens is 2. The van der Waals surface area contributed by atoms with Crippen molar-refractivity contribution in [1.82, 2.24) is 19.4 Å². The van der Waals surface area contributed by atoms with Gasteiger partial charge in [-0.05, 0) is 69.1 Å². The quantitative estimate of drug-likeness (QED) is 0.684. The molecule has 5 rings (SSSR count). The van der Waals surface area contributed by atoms with Crippen molar-refractivity contribution in [1.29, 1.82) is 0 Å². The van der Waals surface area contributed by atoms with Crippen molar-refractivity contribution in [2.45, 2.75) is 38.8 Å². The number of imidazole rings is 1. The van der Waals surface area contributed by atoms with Gasteiger partial charge in [-0.2, -0.15) is 0 Å². The molecule has 1 aromatic heterocycles. The molecular weight excluding hydrogens is 360 g/mol. The molecule has 2 aliphatic heterocycles. The summed E-state index contributed by atoms with van der Waals surface area (Å²) >= 11 is 0. The van der Waals surface area contributed by atoms with E-state index in [9.17, 15) is 4.79 Å². The lowest BCUT2D eigenvalue weighted by Crippen LogP contribution is -2.37. The van der Waals surface area contributed by atoms with Gasteiger partial charge in [-0.15, -0.1) is 0 Å². The molecule has 2 aromatic carbocycles. The summed E-state index contributed by atoms with van der Waals surface area (Å²) in [5.74, 6) is 1.18. The molecule has 150 valence electrons. The molecule has 5 nitrogen and oxygen atoms in total. The molecule has 0 spiro atoms. The monoisotopic (exact) mass is 388 g/mol. The van der Waals surface area contributed by atoms with Crippen LogP contribution in [0, 0.1) is 6.92 Å². The van der Waals surface area contributed by atoms with Gasteiger partial charge in [0.15, 0.2) is 0 Å². The predicted octanol–water partition coefficient (Wildman–Crippen LogP) is 3.70. The molecule has 0 aliphatic carbocycles. The third-order valence-corrected chi connectivity index (χ3v) is 6.49. The number of carbonyl (C=O) groups is 1. The lowest BCUT2D eigenvalue weighted by atomic mass is 10.1. The number of hydrogen-bond donors (Lipinski definition) is 0. The first-order chi connectivity index (χ1) is 14.2. The van der Waals surface area contributed by atoms with Crippen molar-refractivity contribution in [2.75, 3.05) is 26.2 Å². The van der Waals surface area contributed by atoms with E-state index >= 15 is 0 Å². The van der Waals surface area contributed by atoms with Gasteiger partial charge in [0.05, 0.1) is 11.0 Å². The van der Waals surface area contributed by atoms with E-state index in [-0.39, 0.29) is 5.91 Å². The second-order valence-corrected chi connectivity index (χ2v) is 8.37. The van der Waals surface area contributed by atoms with Crippen LogP contribution in [0.3, 0.4) is 0 Å². The van der Waals surface area contributed by atoms with Crippen molar-refractivity contribution < 1.29 is 4.79 Å². The average molecular weight is 389 g/mol. The average Bonchev–Trinajstić information content (AvgIpc) is 3.49. The second kappa shape index (κ2) is 7.64. The Bertz CT molecular complexity index is 1020. The molecule has 1 atom stereocenters. The summed E-state index contributed by atoms with van der Waals surface area (Å²) < 4.78 is 2.23. The van der Waals surface area contributed by atoms with Crippen molar-refractivity contribution in [3.05, 3.63) is 65.5 Å². The van der Waals surface area contributed by atoms with Crippen LogP contribution in [-0.4, -0.2) is 57.5 Å². The van der Waals surface area contributed by atoms with Crippen LogP contribution >= 0.6 is 0 Å². The van der Waals surface area contributed by atoms with E-state index in [4.69, 9.17) is 0 Å². The van der Waals surface area contributed by atoms with Crippen molar-refractivity contribution >= 4 is 16.9 Å². The zero-order chi connectivity index (χ0) is 19.8. The highest BCUT2D eigenvalue weighted by atomic mass is 16.2. The fourth-order valence-corrected chi connectivity index (χ4v) is 4.84. The molecule has 0 radical (unpaired) electrons. The van der Waals surface area contributed by atoms with E-state index in [2.05, 4.69) is 32.7 Å². The van der Waals surface area contributed by atoms with Gasteiger partial charge in [-0.25, -0.2) is 4.98 Å². The summed E-state index contributed by atoms with van der Waals surface area (Å²) in [5.41, 5.74) is 4.15. The van der Waals surface area contributed by atoms with E-state index in [1.54, 1.807) is 0 Å². The Hall–Kier alpha value is -2.66. The number of hydrogen-bond acceptors (Lipinski definition) is 3. The standard InChI is InChI=1S/C24H28N4O/c1-18-25-22-6-2-3-7-23(22)28(18)16-19-8-10-20(11-9-19)24(29)27-15-12-21(17-27)26-13-4-5-14-26/h2-3,6-11,21H,4-5,12-17H2,1H3/t21-/m1/s1. The number of rotatable bonds is 4. The molecule has 5 heteroatoms. The Balaban J connectivity index is 1.27. The van der Waals surface area contributed by atoms with Gasteiger partial charge in [-0.3, -0.25) is 9.69 Å². The van der Waals surface area contributed by atoms with E-state index in [0.717, 1.165) is 48.5 Å². The number of carbonyl (C=O) groups excluding carboxylic acids is 1. The molecule has 0 N–H and O–H groups in total. The van der Waals surface area contributed by atoms with Gasteiger partial charge >= 0.3 is 0 Å². The molecule has 3 heterocycles. The maximum Gasteiger partial charge on any atom is 0.253 e. The fraction of sp³-hybridized carbons (Fsp3) is 0.417. The van der Waals surface area contributed by atoms with Crippen LogP contribution in [0.2, 0.25) is 0 Å². The Morgan fingerprint density at radius 3 is 2.59 bits per heavy atom. The Kier molecular flexibility index (Phi) is 4.84. The topological polar surface area (TPSA) is 41.4 Å². The Labute approximate surface area is 171 Å². The van der Waals surface area contributed by atoms with Gasteiger partial charge in [0.2, 0.25) is 0 Å². The molecule has 2 saturated heterocycles. The molecule has 0 unspecified atom stereocenters. The van der Waals surface area contributed by atoms with Crippen LogP contribution < -0.4 is 0 Å². The third-order valence-electron chi connectivity index (χ3n) is 6.49.